The zero-order chi connectivity index (χ0) is 9.30. The van der Waals surface area contributed by atoms with Gasteiger partial charge in [0.2, 0.25) is 0 Å². The van der Waals surface area contributed by atoms with E-state index in [-0.39, 0.29) is 0 Å². The van der Waals surface area contributed by atoms with E-state index in [1.807, 2.05) is 0 Å². The molecule has 1 atom stereocenters. The highest BCUT2D eigenvalue weighted by Crippen LogP contribution is 2.26. The molecule has 0 radical (unpaired) electrons. The van der Waals surface area contributed by atoms with Gasteiger partial charge in [-0.05, 0) is 44.4 Å². The molecule has 0 bridgehead atoms. The molecule has 0 saturated heterocycles. The Morgan fingerprint density at radius 2 is 1.50 bits per heavy atom. The molecule has 1 heteroatoms. The topological polar surface area (TPSA) is 0 Å². The Morgan fingerprint density at radius 3 is 1.83 bits per heavy atom. The summed E-state index contributed by atoms with van der Waals surface area (Å²) in [4.78, 5) is 0. The molecule has 0 aliphatic rings. The highest BCUT2D eigenvalue weighted by molar-refractivity contribution is 7.80. The highest BCUT2D eigenvalue weighted by atomic mass is 32.1. The van der Waals surface area contributed by atoms with Crippen LogP contribution in [0.25, 0.3) is 0 Å². The predicted octanol–water partition coefficient (Wildman–Crippen LogP) is 3.60. The van der Waals surface area contributed by atoms with Gasteiger partial charge in [-0.3, -0.25) is 0 Å². The first-order chi connectivity index (χ1) is 5.52. The third-order valence-electron chi connectivity index (χ3n) is 2.16. The van der Waals surface area contributed by atoms with Gasteiger partial charge in [0, 0.05) is 5.25 Å². The minimum absolute atomic E-state index is 0.339. The van der Waals surface area contributed by atoms with E-state index in [0.717, 1.165) is 0 Å². The molecule has 0 spiro atoms. The van der Waals surface area contributed by atoms with E-state index < -0.39 is 0 Å². The first-order valence-electron chi connectivity index (χ1n) is 4.28. The predicted molar refractivity (Wildman–Crippen MR) is 58.1 cm³/mol. The van der Waals surface area contributed by atoms with E-state index in [4.69, 9.17) is 0 Å². The summed E-state index contributed by atoms with van der Waals surface area (Å²) in [5.74, 6) is 0. The van der Waals surface area contributed by atoms with Gasteiger partial charge >= 0.3 is 0 Å². The van der Waals surface area contributed by atoms with Crippen molar-refractivity contribution in [3.63, 3.8) is 0 Å². The Balaban J connectivity index is 3.28. The number of hydrogen-bond donors (Lipinski definition) is 1. The molecule has 66 valence electrons. The largest absolute Gasteiger partial charge is 0.171 e. The number of hydrogen-bond acceptors (Lipinski definition) is 1. The zero-order valence-corrected chi connectivity index (χ0v) is 9.07. The molecule has 1 aromatic carbocycles. The second-order valence-corrected chi connectivity index (χ2v) is 4.26. The summed E-state index contributed by atoms with van der Waals surface area (Å²) in [7, 11) is 0. The number of benzene rings is 1. The smallest absolute Gasteiger partial charge is 0.0244 e. The summed E-state index contributed by atoms with van der Waals surface area (Å²) in [5.41, 5.74) is 5.43. The molecule has 1 rings (SSSR count). The van der Waals surface area contributed by atoms with Crippen molar-refractivity contribution in [2.24, 2.45) is 0 Å². The third kappa shape index (κ3) is 1.84. The van der Waals surface area contributed by atoms with Gasteiger partial charge in [-0.15, -0.1) is 0 Å². The molecule has 0 N–H and O–H groups in total. The first-order valence-corrected chi connectivity index (χ1v) is 4.80. The quantitative estimate of drug-likeness (QED) is 0.627. The van der Waals surface area contributed by atoms with Gasteiger partial charge in [0.1, 0.15) is 0 Å². The van der Waals surface area contributed by atoms with Crippen LogP contribution in [0.5, 0.6) is 0 Å². The summed E-state index contributed by atoms with van der Waals surface area (Å²) in [5, 5.41) is 0.339. The summed E-state index contributed by atoms with van der Waals surface area (Å²) in [6, 6.07) is 4.43. The van der Waals surface area contributed by atoms with Gasteiger partial charge in [-0.25, -0.2) is 0 Å². The molecular formula is C11H16S. The number of aryl methyl sites for hydroxylation is 3. The van der Waals surface area contributed by atoms with Crippen LogP contribution >= 0.6 is 12.6 Å². The summed E-state index contributed by atoms with van der Waals surface area (Å²) in [6.45, 7) is 8.56. The van der Waals surface area contributed by atoms with Gasteiger partial charge in [-0.2, -0.15) is 12.6 Å². The van der Waals surface area contributed by atoms with Crippen molar-refractivity contribution in [3.05, 3.63) is 34.4 Å². The van der Waals surface area contributed by atoms with E-state index in [9.17, 15) is 0 Å². The molecule has 0 amide bonds. The highest BCUT2D eigenvalue weighted by Gasteiger charge is 2.07. The fourth-order valence-corrected chi connectivity index (χ4v) is 2.26. The van der Waals surface area contributed by atoms with Gasteiger partial charge in [0.25, 0.3) is 0 Å². The molecule has 0 nitrogen and oxygen atoms in total. The van der Waals surface area contributed by atoms with E-state index in [1.54, 1.807) is 0 Å². The van der Waals surface area contributed by atoms with Crippen molar-refractivity contribution in [3.8, 4) is 0 Å². The van der Waals surface area contributed by atoms with Crippen molar-refractivity contribution in [2.45, 2.75) is 32.9 Å². The third-order valence-corrected chi connectivity index (χ3v) is 2.41. The Morgan fingerprint density at radius 1 is 1.08 bits per heavy atom. The van der Waals surface area contributed by atoms with Crippen molar-refractivity contribution in [1.29, 1.82) is 0 Å². The van der Waals surface area contributed by atoms with Crippen LogP contribution < -0.4 is 0 Å². The van der Waals surface area contributed by atoms with E-state index in [1.165, 1.54) is 22.3 Å². The molecule has 0 saturated carbocycles. The second-order valence-electron chi connectivity index (χ2n) is 3.49. The molecule has 0 aliphatic carbocycles. The van der Waals surface area contributed by atoms with Crippen LogP contribution in [-0.4, -0.2) is 0 Å². The van der Waals surface area contributed by atoms with Crippen LogP contribution in [0.3, 0.4) is 0 Å². The van der Waals surface area contributed by atoms with Crippen LogP contribution in [0.2, 0.25) is 0 Å². The van der Waals surface area contributed by atoms with E-state index in [0.29, 0.717) is 5.25 Å². The van der Waals surface area contributed by atoms with Crippen molar-refractivity contribution in [1.82, 2.24) is 0 Å². The Hall–Kier alpha value is -0.430. The normalized spacial score (nSPS) is 13.1. The fourth-order valence-electron chi connectivity index (χ4n) is 1.85. The Labute approximate surface area is 80.4 Å². The average Bonchev–Trinajstić information content (AvgIpc) is 1.82. The van der Waals surface area contributed by atoms with Crippen molar-refractivity contribution < 1.29 is 0 Å². The molecular weight excluding hydrogens is 164 g/mol. The molecule has 1 unspecified atom stereocenters. The maximum atomic E-state index is 4.46. The Kier molecular flexibility index (Phi) is 2.84. The molecule has 12 heavy (non-hydrogen) atoms. The second kappa shape index (κ2) is 3.53. The van der Waals surface area contributed by atoms with Crippen LogP contribution in [0, 0.1) is 20.8 Å². The van der Waals surface area contributed by atoms with Crippen molar-refractivity contribution >= 4 is 12.6 Å². The van der Waals surface area contributed by atoms with Crippen LogP contribution in [0.4, 0.5) is 0 Å². The van der Waals surface area contributed by atoms with Crippen molar-refractivity contribution in [2.75, 3.05) is 0 Å². The zero-order valence-electron chi connectivity index (χ0n) is 8.18. The van der Waals surface area contributed by atoms with E-state index in [2.05, 4.69) is 52.5 Å². The Bertz CT molecular complexity index is 264. The standard InChI is InChI=1S/C11H16S/c1-7-5-8(2)11(10(4)12)9(3)6-7/h5-6,10,12H,1-4H3. The summed E-state index contributed by atoms with van der Waals surface area (Å²) < 4.78 is 0. The molecule has 0 fully saturated rings. The van der Waals surface area contributed by atoms with Crippen LogP contribution in [0.1, 0.15) is 34.4 Å². The SMILES string of the molecule is Cc1cc(C)c(C(C)S)c(C)c1. The van der Waals surface area contributed by atoms with E-state index >= 15 is 0 Å². The summed E-state index contributed by atoms with van der Waals surface area (Å²) >= 11 is 4.46. The molecule has 1 aromatic rings. The first kappa shape index (κ1) is 9.66. The monoisotopic (exact) mass is 180 g/mol. The minimum Gasteiger partial charge on any atom is -0.171 e. The summed E-state index contributed by atoms with van der Waals surface area (Å²) in [6.07, 6.45) is 0. The van der Waals surface area contributed by atoms with Gasteiger partial charge in [0.05, 0.1) is 0 Å². The lowest BCUT2D eigenvalue weighted by atomic mass is 9.98. The molecule has 0 aliphatic heterocycles. The number of rotatable bonds is 1. The lowest BCUT2D eigenvalue weighted by molar-refractivity contribution is 1.05. The molecule has 0 aromatic heterocycles. The fraction of sp³-hybridized carbons (Fsp3) is 0.455. The van der Waals surface area contributed by atoms with Crippen LogP contribution in [-0.2, 0) is 0 Å². The molecule has 0 heterocycles. The van der Waals surface area contributed by atoms with Gasteiger partial charge in [-0.1, -0.05) is 17.7 Å². The van der Waals surface area contributed by atoms with Gasteiger partial charge in [0.15, 0.2) is 0 Å². The lowest BCUT2D eigenvalue weighted by Gasteiger charge is -2.13. The minimum atomic E-state index is 0.339. The maximum absolute atomic E-state index is 4.46. The lowest BCUT2D eigenvalue weighted by Crippen LogP contribution is -1.95. The maximum Gasteiger partial charge on any atom is 0.0244 e. The van der Waals surface area contributed by atoms with Gasteiger partial charge < -0.3 is 0 Å². The van der Waals surface area contributed by atoms with Crippen LogP contribution in [0.15, 0.2) is 12.1 Å². The average molecular weight is 180 g/mol. The number of thiol groups is 1.